The highest BCUT2D eigenvalue weighted by molar-refractivity contribution is 5.82. The van der Waals surface area contributed by atoms with Gasteiger partial charge in [-0.05, 0) is 31.1 Å². The summed E-state index contributed by atoms with van der Waals surface area (Å²) < 4.78 is 10.5. The zero-order valence-electron chi connectivity index (χ0n) is 12.7. The van der Waals surface area contributed by atoms with E-state index < -0.39 is 0 Å². The Balaban J connectivity index is 2.14. The van der Waals surface area contributed by atoms with Crippen molar-refractivity contribution in [1.82, 2.24) is 4.90 Å². The Labute approximate surface area is 125 Å². The molecule has 0 N–H and O–H groups in total. The van der Waals surface area contributed by atoms with Crippen LogP contribution in [0.1, 0.15) is 19.4 Å². The SMILES string of the molecule is COC(=O)/C=C/C1=CN(Cc2ccccc2)[C@H](C)O[C@@H]1C. The van der Waals surface area contributed by atoms with Crippen LogP contribution >= 0.6 is 0 Å². The first kappa shape index (κ1) is 15.3. The minimum atomic E-state index is -0.365. The fourth-order valence-electron chi connectivity index (χ4n) is 2.23. The number of carbonyl (C=O) groups excluding carboxylic acids is 1. The maximum absolute atomic E-state index is 11.2. The molecule has 4 heteroatoms. The summed E-state index contributed by atoms with van der Waals surface area (Å²) >= 11 is 0. The van der Waals surface area contributed by atoms with Crippen LogP contribution in [0.5, 0.6) is 0 Å². The molecule has 0 saturated carbocycles. The van der Waals surface area contributed by atoms with Crippen LogP contribution in [0.25, 0.3) is 0 Å². The Hall–Kier alpha value is -2.07. The smallest absolute Gasteiger partial charge is 0.330 e. The molecule has 2 atom stereocenters. The Kier molecular flexibility index (Phi) is 5.17. The molecule has 1 aliphatic rings. The molecule has 0 spiro atoms. The molecule has 21 heavy (non-hydrogen) atoms. The Bertz CT molecular complexity index is 536. The number of hydrogen-bond donors (Lipinski definition) is 0. The van der Waals surface area contributed by atoms with Crippen molar-refractivity contribution in [3.05, 3.63) is 59.8 Å². The van der Waals surface area contributed by atoms with Crippen LogP contribution in [-0.2, 0) is 20.8 Å². The lowest BCUT2D eigenvalue weighted by atomic mass is 10.1. The van der Waals surface area contributed by atoms with Crippen LogP contribution in [0.2, 0.25) is 0 Å². The van der Waals surface area contributed by atoms with E-state index in [9.17, 15) is 4.79 Å². The molecule has 1 aromatic carbocycles. The predicted octanol–water partition coefficient (Wildman–Crippen LogP) is 2.87. The summed E-state index contributed by atoms with van der Waals surface area (Å²) in [6.07, 6.45) is 5.16. The molecule has 0 aromatic heterocycles. The molecule has 2 rings (SSSR count). The van der Waals surface area contributed by atoms with Gasteiger partial charge in [-0.15, -0.1) is 0 Å². The second-order valence-corrected chi connectivity index (χ2v) is 5.02. The molecular weight excluding hydrogens is 266 g/mol. The summed E-state index contributed by atoms with van der Waals surface area (Å²) in [6.45, 7) is 4.77. The fraction of sp³-hybridized carbons (Fsp3) is 0.353. The van der Waals surface area contributed by atoms with E-state index in [0.29, 0.717) is 0 Å². The standard InChI is InChI=1S/C17H21NO3/c1-13-16(9-10-17(19)20-3)12-18(14(2)21-13)11-15-7-5-4-6-8-15/h4-10,12-14H,11H2,1-3H3/b10-9+/t13-,14+/m1/s1. The van der Waals surface area contributed by atoms with Crippen LogP contribution < -0.4 is 0 Å². The number of methoxy groups -OCH3 is 1. The zero-order chi connectivity index (χ0) is 15.2. The number of nitrogens with zero attached hydrogens (tertiary/aromatic N) is 1. The maximum atomic E-state index is 11.2. The maximum Gasteiger partial charge on any atom is 0.330 e. The average molecular weight is 287 g/mol. The number of ether oxygens (including phenoxy) is 2. The van der Waals surface area contributed by atoms with Gasteiger partial charge in [-0.3, -0.25) is 0 Å². The van der Waals surface area contributed by atoms with Gasteiger partial charge in [0.15, 0.2) is 0 Å². The van der Waals surface area contributed by atoms with Crippen LogP contribution in [0.15, 0.2) is 54.3 Å². The normalized spacial score (nSPS) is 22.2. The van der Waals surface area contributed by atoms with E-state index in [0.717, 1.165) is 12.1 Å². The van der Waals surface area contributed by atoms with Gasteiger partial charge in [0, 0.05) is 18.8 Å². The lowest BCUT2D eigenvalue weighted by Crippen LogP contribution is -2.38. The molecule has 0 amide bonds. The third-order valence-electron chi connectivity index (χ3n) is 3.47. The van der Waals surface area contributed by atoms with E-state index in [4.69, 9.17) is 4.74 Å². The van der Waals surface area contributed by atoms with Gasteiger partial charge in [0.2, 0.25) is 0 Å². The lowest BCUT2D eigenvalue weighted by Gasteiger charge is -2.36. The largest absolute Gasteiger partial charge is 0.466 e. The average Bonchev–Trinajstić information content (AvgIpc) is 2.49. The van der Waals surface area contributed by atoms with E-state index in [-0.39, 0.29) is 18.3 Å². The van der Waals surface area contributed by atoms with Crippen molar-refractivity contribution in [2.75, 3.05) is 7.11 Å². The Morgan fingerprint density at radius 3 is 2.71 bits per heavy atom. The van der Waals surface area contributed by atoms with Crippen LogP contribution in [0.4, 0.5) is 0 Å². The third kappa shape index (κ3) is 4.20. The van der Waals surface area contributed by atoms with Gasteiger partial charge in [-0.2, -0.15) is 0 Å². The van der Waals surface area contributed by atoms with Crippen molar-refractivity contribution < 1.29 is 14.3 Å². The number of rotatable bonds is 4. The number of esters is 1. The minimum Gasteiger partial charge on any atom is -0.466 e. The van der Waals surface area contributed by atoms with E-state index in [1.807, 2.05) is 38.2 Å². The topological polar surface area (TPSA) is 38.8 Å². The summed E-state index contributed by atoms with van der Waals surface area (Å²) in [4.78, 5) is 13.3. The molecule has 1 aliphatic heterocycles. The molecule has 0 aliphatic carbocycles. The van der Waals surface area contributed by atoms with Crippen molar-refractivity contribution in [2.24, 2.45) is 0 Å². The van der Waals surface area contributed by atoms with E-state index in [2.05, 4.69) is 21.8 Å². The lowest BCUT2D eigenvalue weighted by molar-refractivity contribution is -0.134. The molecule has 1 heterocycles. The van der Waals surface area contributed by atoms with Crippen LogP contribution in [0, 0.1) is 0 Å². The van der Waals surface area contributed by atoms with Gasteiger partial charge >= 0.3 is 5.97 Å². The zero-order valence-corrected chi connectivity index (χ0v) is 12.7. The van der Waals surface area contributed by atoms with Gasteiger partial charge in [0.25, 0.3) is 0 Å². The minimum absolute atomic E-state index is 0.00418. The summed E-state index contributed by atoms with van der Waals surface area (Å²) in [5.74, 6) is -0.365. The van der Waals surface area contributed by atoms with E-state index in [1.54, 1.807) is 6.08 Å². The van der Waals surface area contributed by atoms with Crippen molar-refractivity contribution in [3.63, 3.8) is 0 Å². The highest BCUT2D eigenvalue weighted by Crippen LogP contribution is 2.22. The highest BCUT2D eigenvalue weighted by Gasteiger charge is 2.22. The number of benzene rings is 1. The molecule has 0 fully saturated rings. The van der Waals surface area contributed by atoms with Gasteiger partial charge in [0.1, 0.15) is 6.23 Å². The summed E-state index contributed by atoms with van der Waals surface area (Å²) in [5, 5.41) is 0. The van der Waals surface area contributed by atoms with Gasteiger partial charge < -0.3 is 14.4 Å². The molecule has 1 aromatic rings. The summed E-state index contributed by atoms with van der Waals surface area (Å²) in [5.41, 5.74) is 2.17. The highest BCUT2D eigenvalue weighted by atomic mass is 16.5. The molecule has 4 nitrogen and oxygen atoms in total. The summed E-state index contributed by atoms with van der Waals surface area (Å²) in [6, 6.07) is 10.2. The molecule has 112 valence electrons. The number of hydrogen-bond acceptors (Lipinski definition) is 4. The quantitative estimate of drug-likeness (QED) is 0.630. The predicted molar refractivity (Wildman–Crippen MR) is 81.2 cm³/mol. The molecule has 0 unspecified atom stereocenters. The first-order valence-electron chi connectivity index (χ1n) is 7.03. The van der Waals surface area contributed by atoms with Crippen molar-refractivity contribution in [1.29, 1.82) is 0 Å². The van der Waals surface area contributed by atoms with Gasteiger partial charge in [-0.25, -0.2) is 4.79 Å². The second kappa shape index (κ2) is 7.09. The monoisotopic (exact) mass is 287 g/mol. The van der Waals surface area contributed by atoms with Crippen molar-refractivity contribution in [2.45, 2.75) is 32.7 Å². The van der Waals surface area contributed by atoms with Crippen LogP contribution in [0.3, 0.4) is 0 Å². The molecular formula is C17H21NO3. The summed E-state index contributed by atoms with van der Waals surface area (Å²) in [7, 11) is 1.37. The molecule has 0 bridgehead atoms. The molecule has 0 saturated heterocycles. The first-order chi connectivity index (χ1) is 10.1. The Morgan fingerprint density at radius 2 is 2.05 bits per heavy atom. The van der Waals surface area contributed by atoms with Gasteiger partial charge in [0.05, 0.1) is 13.2 Å². The van der Waals surface area contributed by atoms with E-state index >= 15 is 0 Å². The first-order valence-corrected chi connectivity index (χ1v) is 7.03. The second-order valence-electron chi connectivity index (χ2n) is 5.02. The van der Waals surface area contributed by atoms with Crippen LogP contribution in [-0.4, -0.2) is 30.3 Å². The van der Waals surface area contributed by atoms with Crippen molar-refractivity contribution >= 4 is 5.97 Å². The number of carbonyl (C=O) groups is 1. The fourth-order valence-corrected chi connectivity index (χ4v) is 2.23. The molecule has 0 radical (unpaired) electrons. The Morgan fingerprint density at radius 1 is 1.33 bits per heavy atom. The van der Waals surface area contributed by atoms with Crippen molar-refractivity contribution in [3.8, 4) is 0 Å². The van der Waals surface area contributed by atoms with E-state index in [1.165, 1.54) is 18.7 Å². The third-order valence-corrected chi connectivity index (χ3v) is 3.47. The van der Waals surface area contributed by atoms with Gasteiger partial charge in [-0.1, -0.05) is 30.3 Å².